The minimum absolute atomic E-state index is 0.200. The second kappa shape index (κ2) is 6.48. The molecule has 96 valence electrons. The lowest BCUT2D eigenvalue weighted by Gasteiger charge is -2.17. The second-order valence-electron chi connectivity index (χ2n) is 4.60. The first-order valence-electron chi connectivity index (χ1n) is 5.71. The van der Waals surface area contributed by atoms with Crippen LogP contribution in [0.3, 0.4) is 0 Å². The van der Waals surface area contributed by atoms with Gasteiger partial charge in [-0.15, -0.1) is 0 Å². The van der Waals surface area contributed by atoms with Crippen LogP contribution in [-0.4, -0.2) is 13.2 Å². The van der Waals surface area contributed by atoms with Gasteiger partial charge in [-0.1, -0.05) is 30.1 Å². The molecule has 0 bridgehead atoms. The summed E-state index contributed by atoms with van der Waals surface area (Å²) in [5.74, 6) is 1.19. The van der Waals surface area contributed by atoms with E-state index in [1.165, 1.54) is 0 Å². The van der Waals surface area contributed by atoms with E-state index in [2.05, 4.69) is 6.92 Å². The van der Waals surface area contributed by atoms with Gasteiger partial charge in [0.2, 0.25) is 0 Å². The molecule has 0 aliphatic rings. The van der Waals surface area contributed by atoms with Crippen LogP contribution in [0.2, 0.25) is 10.0 Å². The van der Waals surface area contributed by atoms with Gasteiger partial charge in [0.05, 0.1) is 12.1 Å². The topological polar surface area (TPSA) is 35.2 Å². The van der Waals surface area contributed by atoms with E-state index in [4.69, 9.17) is 33.7 Å². The number of benzene rings is 1. The van der Waals surface area contributed by atoms with Crippen molar-refractivity contribution in [2.24, 2.45) is 11.7 Å². The number of ether oxygens (including phenoxy) is 1. The SMILES string of the molecule is COc1c(Cl)cc(Cl)cc1CC(C)CC(C)N. The molecule has 4 heteroatoms. The molecule has 0 aromatic heterocycles. The van der Waals surface area contributed by atoms with Crippen molar-refractivity contribution < 1.29 is 4.74 Å². The number of hydrogen-bond donors (Lipinski definition) is 1. The van der Waals surface area contributed by atoms with E-state index in [1.54, 1.807) is 13.2 Å². The number of methoxy groups -OCH3 is 1. The van der Waals surface area contributed by atoms with E-state index in [1.807, 2.05) is 13.0 Å². The molecule has 0 saturated carbocycles. The summed E-state index contributed by atoms with van der Waals surface area (Å²) in [6, 6.07) is 3.80. The van der Waals surface area contributed by atoms with Gasteiger partial charge in [-0.3, -0.25) is 0 Å². The predicted octanol–water partition coefficient (Wildman–Crippen LogP) is 3.92. The molecule has 2 atom stereocenters. The summed E-state index contributed by atoms with van der Waals surface area (Å²) in [5, 5.41) is 1.20. The van der Waals surface area contributed by atoms with Crippen molar-refractivity contribution in [3.05, 3.63) is 27.7 Å². The van der Waals surface area contributed by atoms with Gasteiger partial charge in [0.25, 0.3) is 0 Å². The van der Waals surface area contributed by atoms with Gasteiger partial charge in [-0.05, 0) is 43.4 Å². The van der Waals surface area contributed by atoms with E-state index < -0.39 is 0 Å². The molecule has 17 heavy (non-hydrogen) atoms. The van der Waals surface area contributed by atoms with Crippen LogP contribution in [0.1, 0.15) is 25.8 Å². The van der Waals surface area contributed by atoms with E-state index in [0.29, 0.717) is 21.7 Å². The van der Waals surface area contributed by atoms with Crippen LogP contribution < -0.4 is 10.5 Å². The zero-order valence-corrected chi connectivity index (χ0v) is 12.0. The first-order valence-corrected chi connectivity index (χ1v) is 6.47. The Balaban J connectivity index is 2.89. The van der Waals surface area contributed by atoms with Gasteiger partial charge in [-0.25, -0.2) is 0 Å². The number of rotatable bonds is 5. The monoisotopic (exact) mass is 275 g/mol. The highest BCUT2D eigenvalue weighted by Crippen LogP contribution is 2.34. The Kier molecular flexibility index (Phi) is 5.57. The van der Waals surface area contributed by atoms with Crippen LogP contribution in [0.4, 0.5) is 0 Å². The van der Waals surface area contributed by atoms with Gasteiger partial charge in [0.15, 0.2) is 0 Å². The molecular weight excluding hydrogens is 257 g/mol. The number of hydrogen-bond acceptors (Lipinski definition) is 2. The highest BCUT2D eigenvalue weighted by Gasteiger charge is 2.13. The fraction of sp³-hybridized carbons (Fsp3) is 0.538. The van der Waals surface area contributed by atoms with Crippen molar-refractivity contribution in [2.75, 3.05) is 7.11 Å². The summed E-state index contributed by atoms with van der Waals surface area (Å²) in [5.41, 5.74) is 6.83. The predicted molar refractivity (Wildman–Crippen MR) is 74.1 cm³/mol. The molecular formula is C13H19Cl2NO. The zero-order valence-electron chi connectivity index (χ0n) is 10.5. The Bertz CT molecular complexity index is 380. The van der Waals surface area contributed by atoms with E-state index in [-0.39, 0.29) is 6.04 Å². The van der Waals surface area contributed by atoms with E-state index >= 15 is 0 Å². The third kappa shape index (κ3) is 4.38. The molecule has 0 saturated heterocycles. The Morgan fingerprint density at radius 3 is 2.47 bits per heavy atom. The minimum Gasteiger partial charge on any atom is -0.495 e. The highest BCUT2D eigenvalue weighted by molar-refractivity contribution is 6.35. The molecule has 2 unspecified atom stereocenters. The minimum atomic E-state index is 0.200. The molecule has 0 aliphatic carbocycles. The summed E-state index contributed by atoms with van der Waals surface area (Å²) >= 11 is 12.1. The van der Waals surface area contributed by atoms with Gasteiger partial charge in [0, 0.05) is 11.1 Å². The third-order valence-electron chi connectivity index (χ3n) is 2.63. The maximum absolute atomic E-state index is 6.09. The molecule has 0 heterocycles. The normalized spacial score (nSPS) is 14.5. The molecule has 2 N–H and O–H groups in total. The molecule has 0 fully saturated rings. The largest absolute Gasteiger partial charge is 0.495 e. The Morgan fingerprint density at radius 2 is 1.94 bits per heavy atom. The highest BCUT2D eigenvalue weighted by atomic mass is 35.5. The number of nitrogens with two attached hydrogens (primary N) is 1. The smallest absolute Gasteiger partial charge is 0.140 e. The van der Waals surface area contributed by atoms with Crippen LogP contribution in [0.5, 0.6) is 5.75 Å². The Morgan fingerprint density at radius 1 is 1.29 bits per heavy atom. The number of halogens is 2. The lowest BCUT2D eigenvalue weighted by molar-refractivity contribution is 0.401. The quantitative estimate of drug-likeness (QED) is 0.884. The van der Waals surface area contributed by atoms with Gasteiger partial charge < -0.3 is 10.5 Å². The van der Waals surface area contributed by atoms with Gasteiger partial charge in [0.1, 0.15) is 5.75 Å². The van der Waals surface area contributed by atoms with Crippen LogP contribution in [-0.2, 0) is 6.42 Å². The lowest BCUT2D eigenvalue weighted by atomic mass is 9.95. The fourth-order valence-electron chi connectivity index (χ4n) is 2.09. The summed E-state index contributed by atoms with van der Waals surface area (Å²) < 4.78 is 5.32. The van der Waals surface area contributed by atoms with Crippen LogP contribution in [0, 0.1) is 5.92 Å². The fourth-order valence-corrected chi connectivity index (χ4v) is 2.70. The van der Waals surface area contributed by atoms with Crippen molar-refractivity contribution in [3.63, 3.8) is 0 Å². The van der Waals surface area contributed by atoms with Gasteiger partial charge >= 0.3 is 0 Å². The molecule has 2 nitrogen and oxygen atoms in total. The molecule has 0 radical (unpaired) electrons. The second-order valence-corrected chi connectivity index (χ2v) is 5.45. The van der Waals surface area contributed by atoms with Crippen molar-refractivity contribution in [3.8, 4) is 5.75 Å². The summed E-state index contributed by atoms with van der Waals surface area (Å²) in [7, 11) is 1.62. The van der Waals surface area contributed by atoms with Crippen molar-refractivity contribution in [1.29, 1.82) is 0 Å². The maximum atomic E-state index is 6.09. The standard InChI is InChI=1S/C13H19Cl2NO/c1-8(4-9(2)16)5-10-6-11(14)7-12(15)13(10)17-3/h6-9H,4-5,16H2,1-3H3. The summed E-state index contributed by atoms with van der Waals surface area (Å²) in [6.07, 6.45) is 1.83. The van der Waals surface area contributed by atoms with Gasteiger partial charge in [-0.2, -0.15) is 0 Å². The van der Waals surface area contributed by atoms with E-state index in [9.17, 15) is 0 Å². The van der Waals surface area contributed by atoms with Crippen molar-refractivity contribution in [1.82, 2.24) is 0 Å². The molecule has 0 spiro atoms. The average molecular weight is 276 g/mol. The molecule has 1 aromatic carbocycles. The van der Waals surface area contributed by atoms with Crippen LogP contribution in [0.15, 0.2) is 12.1 Å². The zero-order chi connectivity index (χ0) is 13.0. The van der Waals surface area contributed by atoms with Crippen molar-refractivity contribution in [2.45, 2.75) is 32.7 Å². The van der Waals surface area contributed by atoms with Crippen molar-refractivity contribution >= 4 is 23.2 Å². The van der Waals surface area contributed by atoms with Crippen LogP contribution >= 0.6 is 23.2 Å². The summed E-state index contributed by atoms with van der Waals surface area (Å²) in [6.45, 7) is 4.18. The molecule has 1 aromatic rings. The first kappa shape index (κ1) is 14.6. The molecule has 0 amide bonds. The Labute approximate surface area is 113 Å². The first-order chi connectivity index (χ1) is 7.93. The maximum Gasteiger partial charge on any atom is 0.140 e. The average Bonchev–Trinajstić information content (AvgIpc) is 2.15. The Hall–Kier alpha value is -0.440. The van der Waals surface area contributed by atoms with Crippen LogP contribution in [0.25, 0.3) is 0 Å². The van der Waals surface area contributed by atoms with E-state index in [0.717, 1.165) is 18.4 Å². The molecule has 1 rings (SSSR count). The third-order valence-corrected chi connectivity index (χ3v) is 3.13. The summed E-state index contributed by atoms with van der Waals surface area (Å²) in [4.78, 5) is 0. The molecule has 0 aliphatic heterocycles. The lowest BCUT2D eigenvalue weighted by Crippen LogP contribution is -2.19.